The molecule has 34 heavy (non-hydrogen) atoms. The van der Waals surface area contributed by atoms with Crippen LogP contribution in [0.15, 0.2) is 53.5 Å². The maximum Gasteiger partial charge on any atom is 0.259 e. The van der Waals surface area contributed by atoms with Crippen LogP contribution >= 0.6 is 12.4 Å². The molecule has 0 radical (unpaired) electrons. The van der Waals surface area contributed by atoms with Crippen LogP contribution in [-0.2, 0) is 20.1 Å². The standard InChI is InChI=1S/C25H22F2N4O2.ClH/c1-30-21-11-16-4-6-20(28-16)24(21)18-5-7-22(29-25(18)30)31-9-8-17(12-23(31)32)33-13-14-2-3-15(26)10-19(14)27;/h2-3,5,7-10,12,16,20,28H,4,6,11,13H2,1H3;1H. The van der Waals surface area contributed by atoms with E-state index in [-0.39, 0.29) is 30.1 Å². The first kappa shape index (κ1) is 22.6. The molecular formula is C25H23ClF2N4O2. The molecular weight excluding hydrogens is 462 g/mol. The number of rotatable bonds is 4. The lowest BCUT2D eigenvalue weighted by atomic mass is 10.00. The molecule has 0 spiro atoms. The largest absolute Gasteiger partial charge is 0.489 e. The summed E-state index contributed by atoms with van der Waals surface area (Å²) in [5.41, 5.74) is 3.43. The number of nitrogens with zero attached hydrogens (tertiary/aromatic N) is 3. The lowest BCUT2D eigenvalue weighted by Crippen LogP contribution is -2.32. The number of nitrogens with one attached hydrogen (secondary N) is 1. The van der Waals surface area contributed by atoms with E-state index in [0.717, 1.165) is 29.9 Å². The van der Waals surface area contributed by atoms with Crippen LogP contribution in [0, 0.1) is 11.6 Å². The third-order valence-corrected chi connectivity index (χ3v) is 6.76. The Morgan fingerprint density at radius 3 is 2.79 bits per heavy atom. The number of aryl methyl sites for hydroxylation is 1. The Bertz CT molecular complexity index is 1470. The molecule has 3 aromatic heterocycles. The highest BCUT2D eigenvalue weighted by Gasteiger charge is 2.36. The van der Waals surface area contributed by atoms with Crippen LogP contribution in [-0.4, -0.2) is 20.2 Å². The lowest BCUT2D eigenvalue weighted by Gasteiger charge is -2.22. The maximum absolute atomic E-state index is 13.8. The van der Waals surface area contributed by atoms with Crippen molar-refractivity contribution >= 4 is 23.4 Å². The van der Waals surface area contributed by atoms with Gasteiger partial charge in [-0.3, -0.25) is 9.36 Å². The highest BCUT2D eigenvalue weighted by molar-refractivity contribution is 5.85. The lowest BCUT2D eigenvalue weighted by molar-refractivity contribution is 0.298. The summed E-state index contributed by atoms with van der Waals surface area (Å²) in [6, 6.07) is 11.1. The monoisotopic (exact) mass is 484 g/mol. The fraction of sp³-hybridized carbons (Fsp3) is 0.280. The zero-order valence-electron chi connectivity index (χ0n) is 18.4. The maximum atomic E-state index is 13.8. The number of ether oxygens (including phenoxy) is 1. The molecule has 2 aliphatic rings. The Labute approximate surface area is 200 Å². The van der Waals surface area contributed by atoms with E-state index in [1.165, 1.54) is 40.4 Å². The van der Waals surface area contributed by atoms with Crippen molar-refractivity contribution < 1.29 is 13.5 Å². The third-order valence-electron chi connectivity index (χ3n) is 6.76. The van der Waals surface area contributed by atoms with Crippen LogP contribution in [0.25, 0.3) is 16.9 Å². The molecule has 6 nitrogen and oxygen atoms in total. The normalized spacial score (nSPS) is 18.6. The van der Waals surface area contributed by atoms with Gasteiger partial charge in [0.05, 0.1) is 0 Å². The van der Waals surface area contributed by atoms with Gasteiger partial charge < -0.3 is 14.6 Å². The molecule has 1 aromatic carbocycles. The van der Waals surface area contributed by atoms with Crippen molar-refractivity contribution in [2.24, 2.45) is 7.05 Å². The molecule has 2 aliphatic heterocycles. The van der Waals surface area contributed by atoms with Crippen LogP contribution in [0.1, 0.15) is 35.7 Å². The van der Waals surface area contributed by atoms with Gasteiger partial charge in [0.25, 0.3) is 5.56 Å². The predicted molar refractivity (Wildman–Crippen MR) is 127 cm³/mol. The van der Waals surface area contributed by atoms with Gasteiger partial charge in [0.1, 0.15) is 35.5 Å². The Balaban J connectivity index is 0.00000241. The van der Waals surface area contributed by atoms with Gasteiger partial charge >= 0.3 is 0 Å². The van der Waals surface area contributed by atoms with Crippen LogP contribution in [0.5, 0.6) is 5.75 Å². The summed E-state index contributed by atoms with van der Waals surface area (Å²) in [4.78, 5) is 17.6. The highest BCUT2D eigenvalue weighted by Crippen LogP contribution is 2.41. The summed E-state index contributed by atoms with van der Waals surface area (Å²) in [7, 11) is 2.04. The van der Waals surface area contributed by atoms with Crippen LogP contribution in [0.4, 0.5) is 8.78 Å². The molecule has 9 heteroatoms. The molecule has 4 aromatic rings. The number of hydrogen-bond donors (Lipinski definition) is 1. The summed E-state index contributed by atoms with van der Waals surface area (Å²) in [6.07, 6.45) is 4.93. The van der Waals surface area contributed by atoms with E-state index in [4.69, 9.17) is 9.72 Å². The van der Waals surface area contributed by atoms with E-state index in [1.807, 2.05) is 19.2 Å². The quantitative estimate of drug-likeness (QED) is 0.468. The molecule has 6 rings (SSSR count). The molecule has 1 fully saturated rings. The SMILES string of the molecule is Cl.Cn1c2c(c3ccc(-n4ccc(OCc5ccc(F)cc5F)cc4=O)nc31)C1CCC(C2)N1. The second kappa shape index (κ2) is 8.52. The summed E-state index contributed by atoms with van der Waals surface area (Å²) in [5, 5.41) is 4.82. The van der Waals surface area contributed by atoms with Gasteiger partial charge in [0, 0.05) is 60.5 Å². The first-order chi connectivity index (χ1) is 16.0. The fourth-order valence-corrected chi connectivity index (χ4v) is 5.12. The summed E-state index contributed by atoms with van der Waals surface area (Å²) >= 11 is 0. The third kappa shape index (κ3) is 3.67. The minimum atomic E-state index is -0.686. The Kier molecular flexibility index (Phi) is 5.65. The van der Waals surface area contributed by atoms with Crippen molar-refractivity contribution in [3.63, 3.8) is 0 Å². The predicted octanol–water partition coefficient (Wildman–Crippen LogP) is 4.35. The average molecular weight is 485 g/mol. The second-order valence-electron chi connectivity index (χ2n) is 8.75. The molecule has 2 atom stereocenters. The Morgan fingerprint density at radius 2 is 2.00 bits per heavy atom. The van der Waals surface area contributed by atoms with Gasteiger partial charge in [0.15, 0.2) is 0 Å². The van der Waals surface area contributed by atoms with Gasteiger partial charge in [-0.2, -0.15) is 0 Å². The van der Waals surface area contributed by atoms with Gasteiger partial charge in [-0.15, -0.1) is 12.4 Å². The molecule has 0 amide bonds. The number of pyridine rings is 2. The number of halogens is 3. The van der Waals surface area contributed by atoms with Gasteiger partial charge in [0.2, 0.25) is 0 Å². The van der Waals surface area contributed by atoms with Crippen molar-refractivity contribution in [3.8, 4) is 11.6 Å². The average Bonchev–Trinajstić information content (AvgIpc) is 3.31. The Morgan fingerprint density at radius 1 is 1.15 bits per heavy atom. The minimum absolute atomic E-state index is 0. The second-order valence-corrected chi connectivity index (χ2v) is 8.75. The zero-order chi connectivity index (χ0) is 22.7. The minimum Gasteiger partial charge on any atom is -0.489 e. The van der Waals surface area contributed by atoms with Crippen molar-refractivity contribution in [2.45, 2.75) is 38.0 Å². The molecule has 0 aliphatic carbocycles. The van der Waals surface area contributed by atoms with E-state index < -0.39 is 11.6 Å². The highest BCUT2D eigenvalue weighted by atomic mass is 35.5. The summed E-state index contributed by atoms with van der Waals surface area (Å²) < 4.78 is 36.0. The molecule has 176 valence electrons. The van der Waals surface area contributed by atoms with Crippen molar-refractivity contribution in [3.05, 3.63) is 87.5 Å². The van der Waals surface area contributed by atoms with E-state index >= 15 is 0 Å². The van der Waals surface area contributed by atoms with E-state index in [9.17, 15) is 13.6 Å². The molecule has 2 bridgehead atoms. The molecule has 1 N–H and O–H groups in total. The van der Waals surface area contributed by atoms with Gasteiger partial charge in [-0.25, -0.2) is 13.8 Å². The Hall–Kier alpha value is -3.23. The van der Waals surface area contributed by atoms with E-state index in [2.05, 4.69) is 9.88 Å². The van der Waals surface area contributed by atoms with Gasteiger partial charge in [-0.05, 0) is 48.7 Å². The fourth-order valence-electron chi connectivity index (χ4n) is 5.12. The number of benzene rings is 1. The van der Waals surface area contributed by atoms with Crippen LogP contribution in [0.2, 0.25) is 0 Å². The molecule has 5 heterocycles. The summed E-state index contributed by atoms with van der Waals surface area (Å²) in [5.74, 6) is -0.502. The molecule has 1 saturated heterocycles. The van der Waals surface area contributed by atoms with E-state index in [0.29, 0.717) is 23.7 Å². The molecule has 0 saturated carbocycles. The first-order valence-electron chi connectivity index (χ1n) is 11.0. The van der Waals surface area contributed by atoms with Crippen LogP contribution in [0.3, 0.4) is 0 Å². The zero-order valence-corrected chi connectivity index (χ0v) is 19.2. The van der Waals surface area contributed by atoms with Crippen molar-refractivity contribution in [2.75, 3.05) is 0 Å². The van der Waals surface area contributed by atoms with Crippen LogP contribution < -0.4 is 15.6 Å². The van der Waals surface area contributed by atoms with Crippen molar-refractivity contribution in [1.82, 2.24) is 19.4 Å². The molecule has 2 unspecified atom stereocenters. The summed E-state index contributed by atoms with van der Waals surface area (Å²) in [6.45, 7) is -0.106. The van der Waals surface area contributed by atoms with Gasteiger partial charge in [-0.1, -0.05) is 0 Å². The smallest absolute Gasteiger partial charge is 0.259 e. The van der Waals surface area contributed by atoms with E-state index in [1.54, 1.807) is 12.3 Å². The topological polar surface area (TPSA) is 61.1 Å². The van der Waals surface area contributed by atoms with Crippen molar-refractivity contribution in [1.29, 1.82) is 0 Å². The number of fused-ring (bicyclic) bond motifs is 6. The number of aromatic nitrogens is 3. The first-order valence-corrected chi connectivity index (χ1v) is 11.0. The number of hydrogen-bond acceptors (Lipinski definition) is 4.